The number of hydrogen-bond donors (Lipinski definition) is 1. The highest BCUT2D eigenvalue weighted by Gasteiger charge is 2.10. The molecule has 3 rings (SSSR count). The van der Waals surface area contributed by atoms with Crippen LogP contribution in [0.3, 0.4) is 0 Å². The summed E-state index contributed by atoms with van der Waals surface area (Å²) in [7, 11) is 0. The molecule has 0 unspecified atom stereocenters. The van der Waals surface area contributed by atoms with Crippen LogP contribution in [0.2, 0.25) is 5.02 Å². The first-order valence-corrected chi connectivity index (χ1v) is 7.52. The average Bonchev–Trinajstić information content (AvgIpc) is 2.90. The molecule has 21 heavy (non-hydrogen) atoms. The molecule has 0 amide bonds. The van der Waals surface area contributed by atoms with Crippen molar-refractivity contribution >= 4 is 22.6 Å². The molecule has 1 N–H and O–H groups in total. The summed E-state index contributed by atoms with van der Waals surface area (Å²) < 4.78 is 5.85. The number of nitrogens with one attached hydrogen (secondary N) is 1. The van der Waals surface area contributed by atoms with Crippen molar-refractivity contribution in [2.75, 3.05) is 0 Å². The van der Waals surface area contributed by atoms with Crippen molar-refractivity contribution in [3.63, 3.8) is 0 Å². The maximum absolute atomic E-state index is 6.37. The van der Waals surface area contributed by atoms with Gasteiger partial charge in [0.2, 0.25) is 0 Å². The van der Waals surface area contributed by atoms with Gasteiger partial charge in [-0.1, -0.05) is 55.8 Å². The molecule has 2 nitrogen and oxygen atoms in total. The summed E-state index contributed by atoms with van der Waals surface area (Å²) in [6.07, 6.45) is 0. The zero-order valence-corrected chi connectivity index (χ0v) is 12.9. The zero-order chi connectivity index (χ0) is 14.8. The van der Waals surface area contributed by atoms with E-state index in [0.29, 0.717) is 17.6 Å². The second kappa shape index (κ2) is 5.92. The van der Waals surface area contributed by atoms with E-state index in [4.69, 9.17) is 16.0 Å². The molecule has 0 spiro atoms. The first-order valence-electron chi connectivity index (χ1n) is 7.14. The van der Waals surface area contributed by atoms with Crippen LogP contribution in [0.15, 0.2) is 52.9 Å². The van der Waals surface area contributed by atoms with E-state index in [1.807, 2.05) is 24.3 Å². The van der Waals surface area contributed by atoms with Gasteiger partial charge in [-0.25, -0.2) is 0 Å². The summed E-state index contributed by atoms with van der Waals surface area (Å²) in [4.78, 5) is 0. The monoisotopic (exact) mass is 299 g/mol. The van der Waals surface area contributed by atoms with Crippen molar-refractivity contribution in [2.45, 2.75) is 26.4 Å². The van der Waals surface area contributed by atoms with Crippen LogP contribution in [0.25, 0.3) is 22.1 Å². The number of hydrogen-bond acceptors (Lipinski definition) is 2. The van der Waals surface area contributed by atoms with Crippen molar-refractivity contribution in [2.24, 2.45) is 0 Å². The van der Waals surface area contributed by atoms with Crippen LogP contribution in [0.4, 0.5) is 0 Å². The van der Waals surface area contributed by atoms with Crippen LogP contribution >= 0.6 is 11.6 Å². The maximum Gasteiger partial charge on any atom is 0.152 e. The fraction of sp³-hybridized carbons (Fsp3) is 0.222. The Bertz CT molecular complexity index is 747. The van der Waals surface area contributed by atoms with E-state index in [0.717, 1.165) is 27.9 Å². The second-order valence-electron chi connectivity index (χ2n) is 5.49. The third-order valence-corrected chi connectivity index (χ3v) is 3.69. The van der Waals surface area contributed by atoms with Crippen LogP contribution in [-0.2, 0) is 6.54 Å². The van der Waals surface area contributed by atoms with Gasteiger partial charge in [0.05, 0.1) is 11.6 Å². The third-order valence-electron chi connectivity index (χ3n) is 3.41. The predicted octanol–water partition coefficient (Wildman–Crippen LogP) is 5.25. The average molecular weight is 300 g/mol. The first kappa shape index (κ1) is 14.2. The lowest BCUT2D eigenvalue weighted by atomic mass is 10.0. The van der Waals surface area contributed by atoms with Crippen molar-refractivity contribution < 1.29 is 4.42 Å². The Morgan fingerprint density at radius 1 is 1.05 bits per heavy atom. The van der Waals surface area contributed by atoms with Crippen LogP contribution in [0.5, 0.6) is 0 Å². The van der Waals surface area contributed by atoms with Crippen molar-refractivity contribution in [1.29, 1.82) is 0 Å². The normalized spacial score (nSPS) is 11.4. The van der Waals surface area contributed by atoms with E-state index in [9.17, 15) is 0 Å². The molecule has 0 aliphatic heterocycles. The minimum Gasteiger partial charge on any atom is -0.458 e. The zero-order valence-electron chi connectivity index (χ0n) is 12.2. The SMILES string of the molecule is CC(C)NCc1cc2cc(-c3ccccc3)cc(Cl)c2o1. The van der Waals surface area contributed by atoms with Crippen molar-refractivity contribution in [3.05, 3.63) is 59.3 Å². The van der Waals surface area contributed by atoms with Gasteiger partial charge in [-0.3, -0.25) is 0 Å². The molecule has 0 saturated heterocycles. The Balaban J connectivity index is 1.99. The lowest BCUT2D eigenvalue weighted by Crippen LogP contribution is -2.21. The van der Waals surface area contributed by atoms with E-state index in [1.54, 1.807) is 0 Å². The smallest absolute Gasteiger partial charge is 0.152 e. The molecule has 1 heterocycles. The topological polar surface area (TPSA) is 25.2 Å². The number of fused-ring (bicyclic) bond motifs is 1. The van der Waals surface area contributed by atoms with Gasteiger partial charge in [0, 0.05) is 11.4 Å². The quantitative estimate of drug-likeness (QED) is 0.711. The standard InChI is InChI=1S/C18H18ClNO/c1-12(2)20-11-16-9-15-8-14(10-17(19)18(15)21-16)13-6-4-3-5-7-13/h3-10,12,20H,11H2,1-2H3. The molecule has 0 fully saturated rings. The van der Waals surface area contributed by atoms with Gasteiger partial charge in [0.1, 0.15) is 5.76 Å². The molecular weight excluding hydrogens is 282 g/mol. The lowest BCUT2D eigenvalue weighted by molar-refractivity contribution is 0.488. The fourth-order valence-corrected chi connectivity index (χ4v) is 2.62. The Hall–Kier alpha value is -1.77. The highest BCUT2D eigenvalue weighted by molar-refractivity contribution is 6.35. The molecule has 0 saturated carbocycles. The number of rotatable bonds is 4. The predicted molar refractivity (Wildman–Crippen MR) is 88.6 cm³/mol. The molecule has 1 aromatic heterocycles. The van der Waals surface area contributed by atoms with Crippen LogP contribution in [-0.4, -0.2) is 6.04 Å². The molecule has 3 aromatic rings. The van der Waals surface area contributed by atoms with Gasteiger partial charge in [0.25, 0.3) is 0 Å². The molecule has 0 aliphatic rings. The molecule has 0 atom stereocenters. The van der Waals surface area contributed by atoms with Crippen LogP contribution in [0.1, 0.15) is 19.6 Å². The molecule has 108 valence electrons. The third kappa shape index (κ3) is 3.12. The van der Waals surface area contributed by atoms with Gasteiger partial charge in [0.15, 0.2) is 5.58 Å². The molecule has 2 aromatic carbocycles. The second-order valence-corrected chi connectivity index (χ2v) is 5.90. The van der Waals surface area contributed by atoms with E-state index in [-0.39, 0.29) is 0 Å². The van der Waals surface area contributed by atoms with E-state index in [2.05, 4.69) is 43.4 Å². The largest absolute Gasteiger partial charge is 0.458 e. The summed E-state index contributed by atoms with van der Waals surface area (Å²) in [5.74, 6) is 0.908. The summed E-state index contributed by atoms with van der Waals surface area (Å²) in [5, 5.41) is 5.05. The van der Waals surface area contributed by atoms with Crippen LogP contribution in [0, 0.1) is 0 Å². The Kier molecular flexibility index (Phi) is 4.00. The Morgan fingerprint density at radius 3 is 2.52 bits per heavy atom. The first-order chi connectivity index (χ1) is 10.1. The summed E-state index contributed by atoms with van der Waals surface area (Å²) >= 11 is 6.37. The van der Waals surface area contributed by atoms with Gasteiger partial charge >= 0.3 is 0 Å². The van der Waals surface area contributed by atoms with Gasteiger partial charge in [-0.05, 0) is 29.3 Å². The fourth-order valence-electron chi connectivity index (χ4n) is 2.35. The van der Waals surface area contributed by atoms with Gasteiger partial charge in [-0.15, -0.1) is 0 Å². The minimum atomic E-state index is 0.425. The highest BCUT2D eigenvalue weighted by atomic mass is 35.5. The maximum atomic E-state index is 6.37. The molecule has 0 bridgehead atoms. The van der Waals surface area contributed by atoms with Crippen LogP contribution < -0.4 is 5.32 Å². The van der Waals surface area contributed by atoms with E-state index in [1.165, 1.54) is 0 Å². The van der Waals surface area contributed by atoms with Gasteiger partial charge < -0.3 is 9.73 Å². The molecule has 0 aliphatic carbocycles. The Morgan fingerprint density at radius 2 is 1.81 bits per heavy atom. The van der Waals surface area contributed by atoms with E-state index >= 15 is 0 Å². The number of benzene rings is 2. The molecule has 0 radical (unpaired) electrons. The summed E-state index contributed by atoms with van der Waals surface area (Å²) in [5.41, 5.74) is 3.03. The minimum absolute atomic E-state index is 0.425. The molecular formula is C18H18ClNO. The van der Waals surface area contributed by atoms with E-state index < -0.39 is 0 Å². The number of halogens is 1. The van der Waals surface area contributed by atoms with Crippen molar-refractivity contribution in [1.82, 2.24) is 5.32 Å². The summed E-state index contributed by atoms with van der Waals surface area (Å²) in [6, 6.07) is 16.8. The summed E-state index contributed by atoms with van der Waals surface area (Å²) in [6.45, 7) is 4.94. The van der Waals surface area contributed by atoms with Crippen molar-refractivity contribution in [3.8, 4) is 11.1 Å². The number of furan rings is 1. The Labute approximate surface area is 129 Å². The lowest BCUT2D eigenvalue weighted by Gasteiger charge is -2.04. The highest BCUT2D eigenvalue weighted by Crippen LogP contribution is 2.32. The van der Waals surface area contributed by atoms with Gasteiger partial charge in [-0.2, -0.15) is 0 Å². The molecule has 3 heteroatoms.